The number of ether oxygens (including phenoxy) is 1. The van der Waals surface area contributed by atoms with Gasteiger partial charge in [0.1, 0.15) is 11.3 Å². The third-order valence-electron chi connectivity index (χ3n) is 4.86. The van der Waals surface area contributed by atoms with Crippen LogP contribution in [0.2, 0.25) is 5.02 Å². The van der Waals surface area contributed by atoms with Crippen molar-refractivity contribution in [2.45, 2.75) is 26.7 Å². The molecule has 0 atom stereocenters. The van der Waals surface area contributed by atoms with Crippen LogP contribution in [-0.4, -0.2) is 19.6 Å². The van der Waals surface area contributed by atoms with E-state index < -0.39 is 5.63 Å². The maximum absolute atomic E-state index is 12.5. The Morgan fingerprint density at radius 2 is 1.82 bits per heavy atom. The predicted octanol–water partition coefficient (Wildman–Crippen LogP) is 3.97. The van der Waals surface area contributed by atoms with E-state index in [2.05, 4.69) is 5.32 Å². The fourth-order valence-corrected chi connectivity index (χ4v) is 3.34. The Labute approximate surface area is 168 Å². The molecule has 0 aliphatic carbocycles. The molecule has 0 bridgehead atoms. The molecule has 0 aliphatic heterocycles. The average molecular weight is 400 g/mol. The molecule has 0 fully saturated rings. The predicted molar refractivity (Wildman–Crippen MR) is 110 cm³/mol. The van der Waals surface area contributed by atoms with Crippen molar-refractivity contribution in [3.8, 4) is 5.75 Å². The minimum Gasteiger partial charge on any atom is -0.496 e. The Morgan fingerprint density at radius 3 is 2.50 bits per heavy atom. The molecule has 0 saturated heterocycles. The molecular formula is C22H22ClNO4. The van der Waals surface area contributed by atoms with Crippen LogP contribution in [0.15, 0.2) is 45.6 Å². The lowest BCUT2D eigenvalue weighted by atomic mass is 10.0. The van der Waals surface area contributed by atoms with E-state index in [1.165, 1.54) is 0 Å². The second kappa shape index (κ2) is 8.48. The molecule has 146 valence electrons. The lowest BCUT2D eigenvalue weighted by Crippen LogP contribution is -2.29. The van der Waals surface area contributed by atoms with E-state index >= 15 is 0 Å². The van der Waals surface area contributed by atoms with Gasteiger partial charge in [0.05, 0.1) is 19.1 Å². The van der Waals surface area contributed by atoms with Crippen molar-refractivity contribution in [1.82, 2.24) is 5.32 Å². The van der Waals surface area contributed by atoms with Crippen molar-refractivity contribution in [1.29, 1.82) is 0 Å². The summed E-state index contributed by atoms with van der Waals surface area (Å²) < 4.78 is 10.8. The number of fused-ring (bicyclic) bond motifs is 1. The smallest absolute Gasteiger partial charge is 0.340 e. The summed E-state index contributed by atoms with van der Waals surface area (Å²) in [5, 5.41) is 4.34. The van der Waals surface area contributed by atoms with Crippen molar-refractivity contribution in [3.05, 3.63) is 74.1 Å². The zero-order valence-electron chi connectivity index (χ0n) is 16.1. The van der Waals surface area contributed by atoms with Crippen molar-refractivity contribution in [2.24, 2.45) is 0 Å². The quantitative estimate of drug-likeness (QED) is 0.637. The van der Waals surface area contributed by atoms with E-state index in [9.17, 15) is 9.59 Å². The lowest BCUT2D eigenvalue weighted by Gasteiger charge is -2.12. The average Bonchev–Trinajstić information content (AvgIpc) is 2.67. The molecule has 0 spiro atoms. The van der Waals surface area contributed by atoms with Gasteiger partial charge in [0, 0.05) is 22.5 Å². The van der Waals surface area contributed by atoms with E-state index in [0.717, 1.165) is 22.1 Å². The molecular weight excluding hydrogens is 378 g/mol. The van der Waals surface area contributed by atoms with Gasteiger partial charge in [-0.25, -0.2) is 4.79 Å². The van der Waals surface area contributed by atoms with Gasteiger partial charge in [-0.1, -0.05) is 23.7 Å². The summed E-state index contributed by atoms with van der Waals surface area (Å²) in [6, 6.07) is 11.2. The molecule has 0 aliphatic rings. The number of rotatable bonds is 6. The normalized spacial score (nSPS) is 10.9. The number of halogens is 1. The van der Waals surface area contributed by atoms with Gasteiger partial charge < -0.3 is 14.5 Å². The van der Waals surface area contributed by atoms with Crippen LogP contribution in [0.25, 0.3) is 11.0 Å². The largest absolute Gasteiger partial charge is 0.496 e. The third-order valence-corrected chi connectivity index (χ3v) is 5.11. The zero-order chi connectivity index (χ0) is 20.3. The van der Waals surface area contributed by atoms with Gasteiger partial charge in [-0.3, -0.25) is 4.79 Å². The number of methoxy groups -OCH3 is 1. The van der Waals surface area contributed by atoms with Crippen molar-refractivity contribution >= 4 is 28.5 Å². The maximum Gasteiger partial charge on any atom is 0.340 e. The van der Waals surface area contributed by atoms with E-state index in [1.807, 2.05) is 50.2 Å². The Morgan fingerprint density at radius 1 is 1.11 bits per heavy atom. The maximum atomic E-state index is 12.5. The highest BCUT2D eigenvalue weighted by Crippen LogP contribution is 2.29. The molecule has 1 amide bonds. The molecule has 1 heterocycles. The summed E-state index contributed by atoms with van der Waals surface area (Å²) >= 11 is 5.87. The first kappa shape index (κ1) is 20.0. The Bertz CT molecular complexity index is 1070. The highest BCUT2D eigenvalue weighted by atomic mass is 35.5. The monoisotopic (exact) mass is 399 g/mol. The lowest BCUT2D eigenvalue weighted by molar-refractivity contribution is -0.120. The first-order valence-corrected chi connectivity index (χ1v) is 9.39. The molecule has 0 unspecified atom stereocenters. The summed E-state index contributed by atoms with van der Waals surface area (Å²) in [6.07, 6.45) is 0.670. The molecule has 1 aromatic heterocycles. The third kappa shape index (κ3) is 4.20. The Kier molecular flexibility index (Phi) is 6.05. The number of hydrogen-bond donors (Lipinski definition) is 1. The summed E-state index contributed by atoms with van der Waals surface area (Å²) in [5.74, 6) is 0.441. The minimum absolute atomic E-state index is 0.0181. The van der Waals surface area contributed by atoms with Gasteiger partial charge in [0.15, 0.2) is 0 Å². The number of nitrogens with one attached hydrogen (secondary N) is 1. The SMILES string of the molecule is COc1ccc2c(C)c(CC(=O)NCCc3ccc(Cl)cc3)c(=O)oc2c1C. The molecule has 2 aromatic carbocycles. The second-order valence-corrected chi connectivity index (χ2v) is 7.10. The number of carbonyl (C=O) groups excluding carboxylic acids is 1. The first-order valence-electron chi connectivity index (χ1n) is 9.01. The van der Waals surface area contributed by atoms with Crippen molar-refractivity contribution in [2.75, 3.05) is 13.7 Å². The highest BCUT2D eigenvalue weighted by molar-refractivity contribution is 6.30. The molecule has 5 nitrogen and oxygen atoms in total. The topological polar surface area (TPSA) is 68.5 Å². The number of hydrogen-bond acceptors (Lipinski definition) is 4. The first-order chi connectivity index (χ1) is 13.4. The summed E-state index contributed by atoms with van der Waals surface area (Å²) in [4.78, 5) is 24.8. The van der Waals surface area contributed by atoms with Gasteiger partial charge in [0.25, 0.3) is 0 Å². The van der Waals surface area contributed by atoms with Gasteiger partial charge >= 0.3 is 5.63 Å². The number of carbonyl (C=O) groups is 1. The fourth-order valence-electron chi connectivity index (χ4n) is 3.22. The van der Waals surface area contributed by atoms with E-state index in [1.54, 1.807) is 7.11 Å². The Hall–Kier alpha value is -2.79. The molecule has 3 rings (SSSR count). The zero-order valence-corrected chi connectivity index (χ0v) is 16.9. The highest BCUT2D eigenvalue weighted by Gasteiger charge is 2.17. The van der Waals surface area contributed by atoms with Gasteiger partial charge in [-0.05, 0) is 55.7 Å². The fraction of sp³-hybridized carbons (Fsp3) is 0.273. The van der Waals surface area contributed by atoms with Crippen LogP contribution >= 0.6 is 11.6 Å². The van der Waals surface area contributed by atoms with Gasteiger partial charge in [0.2, 0.25) is 5.91 Å². The van der Waals surface area contributed by atoms with Crippen LogP contribution in [0.5, 0.6) is 5.75 Å². The number of aryl methyl sites for hydroxylation is 2. The number of benzene rings is 2. The molecule has 28 heavy (non-hydrogen) atoms. The summed E-state index contributed by atoms with van der Waals surface area (Å²) in [6.45, 7) is 4.16. The van der Waals surface area contributed by atoms with Crippen LogP contribution in [0.4, 0.5) is 0 Å². The standard InChI is InChI=1S/C22H22ClNO4/c1-13-17-8-9-19(27-3)14(2)21(17)28-22(26)18(13)12-20(25)24-11-10-15-4-6-16(23)7-5-15/h4-9H,10-12H2,1-3H3,(H,24,25). The van der Waals surface area contributed by atoms with E-state index in [0.29, 0.717) is 34.9 Å². The van der Waals surface area contributed by atoms with Crippen molar-refractivity contribution < 1.29 is 13.9 Å². The van der Waals surface area contributed by atoms with Crippen LogP contribution in [-0.2, 0) is 17.6 Å². The second-order valence-electron chi connectivity index (χ2n) is 6.67. The van der Waals surface area contributed by atoms with Crippen LogP contribution in [0.3, 0.4) is 0 Å². The molecule has 0 radical (unpaired) electrons. The summed E-state index contributed by atoms with van der Waals surface area (Å²) in [5.41, 5.74) is 2.98. The molecule has 1 N–H and O–H groups in total. The van der Waals surface area contributed by atoms with Crippen molar-refractivity contribution in [3.63, 3.8) is 0 Å². The van der Waals surface area contributed by atoms with E-state index in [-0.39, 0.29) is 12.3 Å². The van der Waals surface area contributed by atoms with Crippen LogP contribution in [0, 0.1) is 13.8 Å². The molecule has 3 aromatic rings. The van der Waals surface area contributed by atoms with E-state index in [4.69, 9.17) is 20.8 Å². The molecule has 0 saturated carbocycles. The summed E-state index contributed by atoms with van der Waals surface area (Å²) in [7, 11) is 1.57. The minimum atomic E-state index is -0.491. The van der Waals surface area contributed by atoms with Crippen LogP contribution in [0.1, 0.15) is 22.3 Å². The van der Waals surface area contributed by atoms with Gasteiger partial charge in [-0.15, -0.1) is 0 Å². The Balaban J connectivity index is 1.73. The number of amides is 1. The van der Waals surface area contributed by atoms with Gasteiger partial charge in [-0.2, -0.15) is 0 Å². The molecule has 6 heteroatoms. The van der Waals surface area contributed by atoms with Crippen LogP contribution < -0.4 is 15.7 Å².